The summed E-state index contributed by atoms with van der Waals surface area (Å²) in [5.74, 6) is 0. The Hall–Kier alpha value is -0.480. The Morgan fingerprint density at radius 3 is 2.90 bits per heavy atom. The van der Waals surface area contributed by atoms with E-state index in [1.165, 1.54) is 6.20 Å². The van der Waals surface area contributed by atoms with Gasteiger partial charge in [0.2, 0.25) is 0 Å². The molecule has 0 unspecified atom stereocenters. The molecule has 0 bridgehead atoms. The van der Waals surface area contributed by atoms with Crippen LogP contribution >= 0.6 is 27.5 Å². The van der Waals surface area contributed by atoms with E-state index in [0.717, 1.165) is 0 Å². The maximum atomic E-state index is 10.2. The average Bonchev–Trinajstić information content (AvgIpc) is 1.94. The Bertz CT molecular complexity index is 266. The number of aldehydes is 1. The quantitative estimate of drug-likeness (QED) is 0.678. The molecule has 0 atom stereocenters. The van der Waals surface area contributed by atoms with E-state index >= 15 is 0 Å². The first-order chi connectivity index (χ1) is 4.74. The Morgan fingerprint density at radius 1 is 1.70 bits per heavy atom. The van der Waals surface area contributed by atoms with Gasteiger partial charge in [-0.05, 0) is 15.9 Å². The molecule has 0 aliphatic heterocycles. The van der Waals surface area contributed by atoms with E-state index in [-0.39, 0.29) is 10.8 Å². The lowest BCUT2D eigenvalue weighted by molar-refractivity contribution is 0.111. The van der Waals surface area contributed by atoms with Gasteiger partial charge in [0.25, 0.3) is 0 Å². The zero-order valence-corrected chi connectivity index (χ0v) is 7.06. The molecule has 0 aliphatic rings. The first-order valence-corrected chi connectivity index (χ1v) is 3.54. The molecule has 10 heavy (non-hydrogen) atoms. The molecule has 3 nitrogen and oxygen atoms in total. The molecule has 1 aromatic heterocycles. The fraction of sp³-hybridized carbons (Fsp3) is 0. The van der Waals surface area contributed by atoms with Gasteiger partial charge in [-0.2, -0.15) is 0 Å². The largest absolute Gasteiger partial charge is 0.296 e. The number of hydrogen-bond acceptors (Lipinski definition) is 3. The third kappa shape index (κ3) is 1.52. The SMILES string of the molecule is O=Cc1nc(Br)cnc1Cl. The molecule has 0 amide bonds. The van der Waals surface area contributed by atoms with Crippen molar-refractivity contribution < 1.29 is 4.79 Å². The van der Waals surface area contributed by atoms with Crippen molar-refractivity contribution in [3.8, 4) is 0 Å². The van der Waals surface area contributed by atoms with Gasteiger partial charge < -0.3 is 0 Å². The summed E-state index contributed by atoms with van der Waals surface area (Å²) in [7, 11) is 0. The van der Waals surface area contributed by atoms with Crippen molar-refractivity contribution in [2.75, 3.05) is 0 Å². The fourth-order valence-electron chi connectivity index (χ4n) is 0.441. The van der Waals surface area contributed by atoms with E-state index in [1.807, 2.05) is 0 Å². The van der Waals surface area contributed by atoms with Crippen molar-refractivity contribution in [2.45, 2.75) is 0 Å². The van der Waals surface area contributed by atoms with Crippen molar-refractivity contribution in [1.82, 2.24) is 9.97 Å². The molecule has 0 N–H and O–H groups in total. The molecule has 0 radical (unpaired) electrons. The van der Waals surface area contributed by atoms with Crippen LogP contribution in [0.1, 0.15) is 10.5 Å². The summed E-state index contributed by atoms with van der Waals surface area (Å²) >= 11 is 8.52. The van der Waals surface area contributed by atoms with E-state index < -0.39 is 0 Å². The molecule has 0 spiro atoms. The Morgan fingerprint density at radius 2 is 2.40 bits per heavy atom. The summed E-state index contributed by atoms with van der Waals surface area (Å²) in [6.45, 7) is 0. The molecule has 0 saturated heterocycles. The minimum atomic E-state index is 0.123. The molecule has 5 heteroatoms. The van der Waals surface area contributed by atoms with Crippen LogP contribution in [0.15, 0.2) is 10.8 Å². The van der Waals surface area contributed by atoms with Crippen molar-refractivity contribution in [1.29, 1.82) is 0 Å². The topological polar surface area (TPSA) is 42.9 Å². The summed E-state index contributed by atoms with van der Waals surface area (Å²) in [4.78, 5) is 17.6. The van der Waals surface area contributed by atoms with Gasteiger partial charge in [-0.3, -0.25) is 4.79 Å². The third-order valence-corrected chi connectivity index (χ3v) is 1.51. The Kier molecular flexibility index (Phi) is 2.34. The molecular formula is C5H2BrClN2O. The second kappa shape index (κ2) is 3.07. The summed E-state index contributed by atoms with van der Waals surface area (Å²) in [5, 5.41) is 0.123. The Balaban J connectivity index is 3.21. The maximum absolute atomic E-state index is 10.2. The molecular weight excluding hydrogens is 219 g/mol. The van der Waals surface area contributed by atoms with Crippen LogP contribution in [0.2, 0.25) is 5.15 Å². The first-order valence-electron chi connectivity index (χ1n) is 2.37. The van der Waals surface area contributed by atoms with Crippen LogP contribution in [0.25, 0.3) is 0 Å². The second-order valence-electron chi connectivity index (χ2n) is 1.49. The summed E-state index contributed by atoms with van der Waals surface area (Å²) in [5.41, 5.74) is 0.149. The van der Waals surface area contributed by atoms with Gasteiger partial charge in [0.15, 0.2) is 11.4 Å². The van der Waals surface area contributed by atoms with Gasteiger partial charge >= 0.3 is 0 Å². The average molecular weight is 221 g/mol. The molecule has 52 valence electrons. The highest BCUT2D eigenvalue weighted by Gasteiger charge is 2.00. The number of aromatic nitrogens is 2. The van der Waals surface area contributed by atoms with Gasteiger partial charge in [-0.1, -0.05) is 11.6 Å². The van der Waals surface area contributed by atoms with E-state index in [0.29, 0.717) is 10.9 Å². The summed E-state index contributed by atoms with van der Waals surface area (Å²) in [6.07, 6.45) is 1.98. The predicted octanol–water partition coefficient (Wildman–Crippen LogP) is 1.71. The molecule has 0 aromatic carbocycles. The van der Waals surface area contributed by atoms with E-state index in [4.69, 9.17) is 11.6 Å². The van der Waals surface area contributed by atoms with Gasteiger partial charge in [-0.15, -0.1) is 0 Å². The number of hydrogen-bond donors (Lipinski definition) is 0. The molecule has 0 saturated carbocycles. The summed E-state index contributed by atoms with van der Waals surface area (Å²) in [6, 6.07) is 0. The van der Waals surface area contributed by atoms with Crippen LogP contribution in [0, 0.1) is 0 Å². The normalized spacial score (nSPS) is 9.40. The van der Waals surface area contributed by atoms with Crippen molar-refractivity contribution in [3.05, 3.63) is 21.6 Å². The monoisotopic (exact) mass is 220 g/mol. The van der Waals surface area contributed by atoms with Crippen molar-refractivity contribution >= 4 is 33.8 Å². The highest BCUT2D eigenvalue weighted by molar-refractivity contribution is 9.10. The van der Waals surface area contributed by atoms with Gasteiger partial charge in [-0.25, -0.2) is 9.97 Å². The zero-order chi connectivity index (χ0) is 7.56. The van der Waals surface area contributed by atoms with Crippen LogP contribution in [-0.4, -0.2) is 16.3 Å². The first kappa shape index (κ1) is 7.63. The van der Waals surface area contributed by atoms with Gasteiger partial charge in [0.05, 0.1) is 6.20 Å². The third-order valence-electron chi connectivity index (χ3n) is 0.835. The van der Waals surface area contributed by atoms with E-state index in [2.05, 4.69) is 25.9 Å². The number of nitrogens with zero attached hydrogens (tertiary/aromatic N) is 2. The molecule has 1 rings (SSSR count). The highest BCUT2D eigenvalue weighted by Crippen LogP contribution is 2.11. The number of rotatable bonds is 1. The van der Waals surface area contributed by atoms with Crippen LogP contribution < -0.4 is 0 Å². The van der Waals surface area contributed by atoms with Crippen LogP contribution in [0.5, 0.6) is 0 Å². The standard InChI is InChI=1S/C5H2BrClN2O/c6-4-1-8-5(7)3(2-10)9-4/h1-2H. The lowest BCUT2D eigenvalue weighted by Crippen LogP contribution is -1.90. The van der Waals surface area contributed by atoms with E-state index in [9.17, 15) is 4.79 Å². The molecule has 0 aliphatic carbocycles. The minimum absolute atomic E-state index is 0.123. The summed E-state index contributed by atoms with van der Waals surface area (Å²) < 4.78 is 0.499. The molecule has 1 heterocycles. The predicted molar refractivity (Wildman–Crippen MR) is 40.1 cm³/mol. The zero-order valence-electron chi connectivity index (χ0n) is 4.71. The fourth-order valence-corrected chi connectivity index (χ4v) is 0.870. The lowest BCUT2D eigenvalue weighted by Gasteiger charge is -1.92. The van der Waals surface area contributed by atoms with Gasteiger partial charge in [0, 0.05) is 0 Å². The number of carbonyl (C=O) groups excluding carboxylic acids is 1. The maximum Gasteiger partial charge on any atom is 0.171 e. The molecule has 0 fully saturated rings. The van der Waals surface area contributed by atoms with Crippen molar-refractivity contribution in [3.63, 3.8) is 0 Å². The Labute approximate surface area is 70.6 Å². The minimum Gasteiger partial charge on any atom is -0.296 e. The van der Waals surface area contributed by atoms with E-state index in [1.54, 1.807) is 0 Å². The molecule has 1 aromatic rings. The smallest absolute Gasteiger partial charge is 0.171 e. The lowest BCUT2D eigenvalue weighted by atomic mass is 10.5. The highest BCUT2D eigenvalue weighted by atomic mass is 79.9. The second-order valence-corrected chi connectivity index (χ2v) is 2.66. The van der Waals surface area contributed by atoms with Crippen LogP contribution in [0.3, 0.4) is 0 Å². The van der Waals surface area contributed by atoms with Crippen LogP contribution in [0.4, 0.5) is 0 Å². The van der Waals surface area contributed by atoms with Crippen molar-refractivity contribution in [2.24, 2.45) is 0 Å². The number of halogens is 2. The van der Waals surface area contributed by atoms with Crippen LogP contribution in [-0.2, 0) is 0 Å². The number of carbonyl (C=O) groups is 1. The van der Waals surface area contributed by atoms with Gasteiger partial charge in [0.1, 0.15) is 10.3 Å².